The topological polar surface area (TPSA) is 29.9 Å². The number of nitrogens with zero attached hydrogens (tertiary/aromatic N) is 2. The van der Waals surface area contributed by atoms with Crippen molar-refractivity contribution in [3.63, 3.8) is 0 Å². The second-order valence-electron chi connectivity index (χ2n) is 3.91. The quantitative estimate of drug-likeness (QED) is 0.821. The summed E-state index contributed by atoms with van der Waals surface area (Å²) in [6.45, 7) is 6.61. The lowest BCUT2D eigenvalue weighted by Crippen LogP contribution is -2.31. The van der Waals surface area contributed by atoms with Gasteiger partial charge in [0.15, 0.2) is 0 Å². The second-order valence-corrected chi connectivity index (χ2v) is 4.76. The maximum absolute atomic E-state index is 4.30. The molecular weight excluding hydrogens is 230 g/mol. The standard InChI is InChI=1S/C9H14BrN3/c1-6(2)7-3-11-9-8(10)4-12-13(9)5-7/h4,6-7,11H,3,5H2,1-2H3. The van der Waals surface area contributed by atoms with Crippen molar-refractivity contribution in [2.24, 2.45) is 11.8 Å². The summed E-state index contributed by atoms with van der Waals surface area (Å²) in [7, 11) is 0. The summed E-state index contributed by atoms with van der Waals surface area (Å²) < 4.78 is 3.10. The van der Waals surface area contributed by atoms with E-state index in [1.807, 2.05) is 10.9 Å². The van der Waals surface area contributed by atoms with Crippen molar-refractivity contribution < 1.29 is 0 Å². The smallest absolute Gasteiger partial charge is 0.138 e. The molecule has 0 fully saturated rings. The van der Waals surface area contributed by atoms with Crippen LogP contribution in [0.3, 0.4) is 0 Å². The first kappa shape index (κ1) is 9.06. The van der Waals surface area contributed by atoms with Gasteiger partial charge in [-0.2, -0.15) is 5.10 Å². The molecule has 0 amide bonds. The first-order chi connectivity index (χ1) is 6.18. The summed E-state index contributed by atoms with van der Waals surface area (Å²) in [5.41, 5.74) is 0. The van der Waals surface area contributed by atoms with Crippen LogP contribution in [0.2, 0.25) is 0 Å². The number of halogens is 1. The van der Waals surface area contributed by atoms with Crippen LogP contribution in [0.4, 0.5) is 5.82 Å². The molecule has 1 aliphatic heterocycles. The Labute approximate surface area is 86.6 Å². The fourth-order valence-corrected chi connectivity index (χ4v) is 2.07. The molecule has 2 rings (SSSR count). The van der Waals surface area contributed by atoms with Gasteiger partial charge in [0.1, 0.15) is 5.82 Å². The average molecular weight is 244 g/mol. The maximum atomic E-state index is 4.30. The van der Waals surface area contributed by atoms with Crippen molar-refractivity contribution in [3.8, 4) is 0 Å². The summed E-state index contributed by atoms with van der Waals surface area (Å²) in [6, 6.07) is 0. The zero-order valence-corrected chi connectivity index (χ0v) is 9.50. The highest BCUT2D eigenvalue weighted by molar-refractivity contribution is 9.10. The maximum Gasteiger partial charge on any atom is 0.138 e. The monoisotopic (exact) mass is 243 g/mol. The molecule has 0 saturated carbocycles. The van der Waals surface area contributed by atoms with E-state index in [9.17, 15) is 0 Å². The van der Waals surface area contributed by atoms with E-state index < -0.39 is 0 Å². The van der Waals surface area contributed by atoms with Gasteiger partial charge in [-0.05, 0) is 27.8 Å². The van der Waals surface area contributed by atoms with Gasteiger partial charge in [0.2, 0.25) is 0 Å². The Kier molecular flexibility index (Phi) is 2.32. The van der Waals surface area contributed by atoms with Gasteiger partial charge in [-0.25, -0.2) is 4.68 Å². The zero-order chi connectivity index (χ0) is 9.42. The van der Waals surface area contributed by atoms with Crippen molar-refractivity contribution in [1.29, 1.82) is 0 Å². The number of hydrogen-bond acceptors (Lipinski definition) is 2. The van der Waals surface area contributed by atoms with Gasteiger partial charge < -0.3 is 5.32 Å². The minimum atomic E-state index is 0.694. The van der Waals surface area contributed by atoms with Gasteiger partial charge in [-0.3, -0.25) is 0 Å². The van der Waals surface area contributed by atoms with Crippen LogP contribution in [0.25, 0.3) is 0 Å². The molecule has 0 spiro atoms. The van der Waals surface area contributed by atoms with Gasteiger partial charge in [0.25, 0.3) is 0 Å². The van der Waals surface area contributed by atoms with Crippen LogP contribution in [-0.2, 0) is 6.54 Å². The van der Waals surface area contributed by atoms with E-state index in [4.69, 9.17) is 0 Å². The van der Waals surface area contributed by atoms with Crippen LogP contribution < -0.4 is 5.32 Å². The van der Waals surface area contributed by atoms with Crippen molar-refractivity contribution in [1.82, 2.24) is 9.78 Å². The van der Waals surface area contributed by atoms with Crippen LogP contribution in [-0.4, -0.2) is 16.3 Å². The third-order valence-electron chi connectivity index (χ3n) is 2.68. The molecule has 0 aromatic carbocycles. The molecule has 13 heavy (non-hydrogen) atoms. The lowest BCUT2D eigenvalue weighted by Gasteiger charge is -2.27. The highest BCUT2D eigenvalue weighted by Gasteiger charge is 2.22. The summed E-state index contributed by atoms with van der Waals surface area (Å²) >= 11 is 3.46. The molecule has 1 aromatic rings. The molecular formula is C9H14BrN3. The van der Waals surface area contributed by atoms with Crippen molar-refractivity contribution in [3.05, 3.63) is 10.7 Å². The van der Waals surface area contributed by atoms with E-state index in [-0.39, 0.29) is 0 Å². The van der Waals surface area contributed by atoms with Crippen LogP contribution >= 0.6 is 15.9 Å². The first-order valence-electron chi connectivity index (χ1n) is 4.63. The second kappa shape index (κ2) is 3.33. The lowest BCUT2D eigenvalue weighted by molar-refractivity contribution is 0.322. The molecule has 0 bridgehead atoms. The van der Waals surface area contributed by atoms with Crippen LogP contribution in [0.1, 0.15) is 13.8 Å². The number of rotatable bonds is 1. The van der Waals surface area contributed by atoms with E-state index in [1.165, 1.54) is 0 Å². The highest BCUT2D eigenvalue weighted by atomic mass is 79.9. The molecule has 1 aliphatic rings. The van der Waals surface area contributed by atoms with Crippen LogP contribution in [0, 0.1) is 11.8 Å². The van der Waals surface area contributed by atoms with E-state index in [2.05, 4.69) is 40.2 Å². The predicted octanol–water partition coefficient (Wildman–Crippen LogP) is 2.34. The van der Waals surface area contributed by atoms with Gasteiger partial charge in [0.05, 0.1) is 10.7 Å². The fraction of sp³-hybridized carbons (Fsp3) is 0.667. The van der Waals surface area contributed by atoms with Crippen LogP contribution in [0.5, 0.6) is 0 Å². The van der Waals surface area contributed by atoms with Crippen LogP contribution in [0.15, 0.2) is 10.7 Å². The summed E-state index contributed by atoms with van der Waals surface area (Å²) in [6.07, 6.45) is 1.85. The van der Waals surface area contributed by atoms with Gasteiger partial charge in [0, 0.05) is 13.1 Å². The van der Waals surface area contributed by atoms with Gasteiger partial charge in [-0.1, -0.05) is 13.8 Å². The number of nitrogens with one attached hydrogen (secondary N) is 1. The number of anilines is 1. The summed E-state index contributed by atoms with van der Waals surface area (Å²) in [4.78, 5) is 0. The molecule has 0 aliphatic carbocycles. The molecule has 1 aromatic heterocycles. The third kappa shape index (κ3) is 1.59. The van der Waals surface area contributed by atoms with Gasteiger partial charge >= 0.3 is 0 Å². The molecule has 0 saturated heterocycles. The molecule has 0 radical (unpaired) electrons. The first-order valence-corrected chi connectivity index (χ1v) is 5.43. The Bertz CT molecular complexity index is 306. The zero-order valence-electron chi connectivity index (χ0n) is 7.92. The Hall–Kier alpha value is -0.510. The normalized spacial score (nSPS) is 21.4. The SMILES string of the molecule is CC(C)C1CNc2c(Br)cnn2C1. The number of aromatic nitrogens is 2. The molecule has 3 nitrogen and oxygen atoms in total. The lowest BCUT2D eigenvalue weighted by atomic mass is 9.95. The molecule has 1 atom stereocenters. The van der Waals surface area contributed by atoms with Crippen molar-refractivity contribution >= 4 is 21.7 Å². The van der Waals surface area contributed by atoms with Crippen molar-refractivity contribution in [2.75, 3.05) is 11.9 Å². The molecule has 1 unspecified atom stereocenters. The number of fused-ring (bicyclic) bond motifs is 1. The molecule has 4 heteroatoms. The Morgan fingerprint density at radius 2 is 2.46 bits per heavy atom. The molecule has 72 valence electrons. The van der Waals surface area contributed by atoms with Crippen molar-refractivity contribution in [2.45, 2.75) is 20.4 Å². The predicted molar refractivity (Wildman–Crippen MR) is 56.7 cm³/mol. The third-order valence-corrected chi connectivity index (χ3v) is 3.26. The minimum Gasteiger partial charge on any atom is -0.369 e. The largest absolute Gasteiger partial charge is 0.369 e. The number of hydrogen-bond donors (Lipinski definition) is 1. The van der Waals surface area contributed by atoms with Gasteiger partial charge in [-0.15, -0.1) is 0 Å². The fourth-order valence-electron chi connectivity index (χ4n) is 1.64. The van der Waals surface area contributed by atoms with E-state index in [0.717, 1.165) is 23.4 Å². The Balaban J connectivity index is 2.21. The molecule has 2 heterocycles. The Morgan fingerprint density at radius 1 is 1.69 bits per heavy atom. The Morgan fingerprint density at radius 3 is 3.15 bits per heavy atom. The van der Waals surface area contributed by atoms with E-state index in [1.54, 1.807) is 0 Å². The highest BCUT2D eigenvalue weighted by Crippen LogP contribution is 2.28. The minimum absolute atomic E-state index is 0.694. The van der Waals surface area contributed by atoms with E-state index in [0.29, 0.717) is 11.8 Å². The average Bonchev–Trinajstić information content (AvgIpc) is 2.47. The summed E-state index contributed by atoms with van der Waals surface area (Å²) in [5.74, 6) is 2.53. The molecule has 1 N–H and O–H groups in total. The van der Waals surface area contributed by atoms with E-state index >= 15 is 0 Å². The summed E-state index contributed by atoms with van der Waals surface area (Å²) in [5, 5.41) is 7.69.